The molecule has 1 unspecified atom stereocenters. The van der Waals surface area contributed by atoms with Crippen LogP contribution in [0.2, 0.25) is 0 Å². The lowest BCUT2D eigenvalue weighted by Crippen LogP contribution is -2.52. The van der Waals surface area contributed by atoms with E-state index >= 15 is 0 Å². The van der Waals surface area contributed by atoms with Crippen molar-refractivity contribution in [1.82, 2.24) is 5.01 Å². The number of hydrazone groups is 1. The minimum absolute atomic E-state index is 0.00961. The highest BCUT2D eigenvalue weighted by atomic mass is 19.4. The maximum atomic E-state index is 13.0. The summed E-state index contributed by atoms with van der Waals surface area (Å²) in [5.74, 6) is -0.257. The molecule has 1 aliphatic carbocycles. The van der Waals surface area contributed by atoms with Crippen molar-refractivity contribution in [3.05, 3.63) is 76.6 Å². The normalized spacial score (nSPS) is 20.8. The van der Waals surface area contributed by atoms with Gasteiger partial charge in [-0.2, -0.15) is 23.3 Å². The first-order chi connectivity index (χ1) is 14.9. The summed E-state index contributed by atoms with van der Waals surface area (Å²) in [6, 6.07) is 8.00. The van der Waals surface area contributed by atoms with Gasteiger partial charge in [0, 0.05) is 12.1 Å². The number of nitrogens with two attached hydrogens (primary N) is 1. The molecule has 7 nitrogen and oxygen atoms in total. The van der Waals surface area contributed by atoms with E-state index in [2.05, 4.69) is 15.0 Å². The number of nitroso groups, excluding NO2 is 1. The molecule has 1 aliphatic heterocycles. The summed E-state index contributed by atoms with van der Waals surface area (Å²) in [6.07, 6.45) is -4.82. The second-order valence-electron chi connectivity index (χ2n) is 6.41. The molecule has 1 heterocycles. The van der Waals surface area contributed by atoms with E-state index in [4.69, 9.17) is 5.73 Å². The second kappa shape index (κ2) is 9.66. The molecule has 0 aromatic heterocycles. The van der Waals surface area contributed by atoms with Crippen LogP contribution in [-0.4, -0.2) is 35.3 Å². The lowest BCUT2D eigenvalue weighted by atomic mass is 9.99. The number of hydrogen-bond acceptors (Lipinski definition) is 6. The van der Waals surface area contributed by atoms with Crippen LogP contribution < -0.4 is 5.73 Å². The summed E-state index contributed by atoms with van der Waals surface area (Å²) in [5.41, 5.74) is 3.13. The summed E-state index contributed by atoms with van der Waals surface area (Å²) in [5, 5.41) is 5.69. The fourth-order valence-corrected chi connectivity index (χ4v) is 2.65. The van der Waals surface area contributed by atoms with Crippen LogP contribution in [0.15, 0.2) is 76.4 Å². The number of benzene rings is 1. The van der Waals surface area contributed by atoms with Crippen LogP contribution in [0.4, 0.5) is 26.3 Å². The number of carbonyl (C=O) groups excluding carboxylic acids is 1. The Morgan fingerprint density at radius 3 is 2.28 bits per heavy atom. The van der Waals surface area contributed by atoms with E-state index in [1.165, 1.54) is 24.3 Å². The van der Waals surface area contributed by atoms with Gasteiger partial charge >= 0.3 is 12.5 Å². The maximum Gasteiger partial charge on any atom is 0.573 e. The first kappa shape index (κ1) is 24.6. The molecule has 0 bridgehead atoms. The van der Waals surface area contributed by atoms with Gasteiger partial charge in [-0.15, -0.1) is 18.1 Å². The van der Waals surface area contributed by atoms with Crippen LogP contribution in [0.25, 0.3) is 0 Å². The van der Waals surface area contributed by atoms with Crippen molar-refractivity contribution in [3.63, 3.8) is 0 Å². The lowest BCUT2D eigenvalue weighted by molar-refractivity contribution is -0.303. The van der Waals surface area contributed by atoms with Crippen molar-refractivity contribution in [2.45, 2.75) is 31.0 Å². The summed E-state index contributed by atoms with van der Waals surface area (Å²) in [7, 11) is 0. The van der Waals surface area contributed by atoms with Crippen molar-refractivity contribution in [1.29, 1.82) is 0 Å². The van der Waals surface area contributed by atoms with Gasteiger partial charge < -0.3 is 10.5 Å². The number of rotatable bonds is 4. The molecule has 1 aromatic carbocycles. The van der Waals surface area contributed by atoms with Gasteiger partial charge in [0.15, 0.2) is 0 Å². The Hall–Kier alpha value is -3.64. The quantitative estimate of drug-likeness (QED) is 0.405. The number of alkyl halides is 6. The number of ether oxygens (including phenoxy) is 1. The van der Waals surface area contributed by atoms with E-state index in [0.29, 0.717) is 17.7 Å². The molecular formula is C19H16F6N4O3. The first-order valence-corrected chi connectivity index (χ1v) is 8.79. The zero-order chi connectivity index (χ0) is 24.0. The smallest absolute Gasteiger partial charge is 0.406 e. The maximum absolute atomic E-state index is 13.0. The van der Waals surface area contributed by atoms with Crippen molar-refractivity contribution in [3.8, 4) is 0 Å². The summed E-state index contributed by atoms with van der Waals surface area (Å²) in [6.45, 7) is 0. The minimum Gasteiger partial charge on any atom is -0.406 e. The topological polar surface area (TPSA) is 97.3 Å². The predicted octanol–water partition coefficient (Wildman–Crippen LogP) is 4.49. The first-order valence-electron chi connectivity index (χ1n) is 8.79. The predicted molar refractivity (Wildman–Crippen MR) is 101 cm³/mol. The molecule has 0 spiro atoms. The fourth-order valence-electron chi connectivity index (χ4n) is 2.65. The van der Waals surface area contributed by atoms with Crippen LogP contribution in [0.1, 0.15) is 18.4 Å². The summed E-state index contributed by atoms with van der Waals surface area (Å²) in [4.78, 5) is 21.4. The number of hydrogen-bond donors (Lipinski definition) is 1. The van der Waals surface area contributed by atoms with Gasteiger partial charge in [-0.25, -0.2) is 0 Å². The molecule has 3 rings (SSSR count). The molecule has 32 heavy (non-hydrogen) atoms. The standard InChI is InChI=1S/C11H8F3N3O2.C8H8F3NO/c12-11(13,14)10(16-19)6-9(15-17(10)7-18)8-4-2-1-3-5-8;9-8(10,11)13-7-3-1-2-6(12)4-5-7/h1-5,7H,6H2;1,3-5H,2,12H2. The Morgan fingerprint density at radius 2 is 1.78 bits per heavy atom. The SMILES string of the molecule is NC1=CC=C(OC(F)(F)F)C=CC1.O=CN1N=C(c2ccccc2)CC1(N=O)C(F)(F)F. The second-order valence-corrected chi connectivity index (χ2v) is 6.41. The van der Waals surface area contributed by atoms with Gasteiger partial charge in [0.25, 0.3) is 5.66 Å². The number of allylic oxidation sites excluding steroid dienone is 4. The Labute approximate surface area is 177 Å². The van der Waals surface area contributed by atoms with E-state index in [-0.39, 0.29) is 22.9 Å². The van der Waals surface area contributed by atoms with Crippen LogP contribution >= 0.6 is 0 Å². The van der Waals surface area contributed by atoms with Crippen LogP contribution in [0.3, 0.4) is 0 Å². The highest BCUT2D eigenvalue weighted by Crippen LogP contribution is 2.43. The molecule has 2 N–H and O–H groups in total. The molecule has 2 aliphatic rings. The zero-order valence-electron chi connectivity index (χ0n) is 16.1. The van der Waals surface area contributed by atoms with Crippen molar-refractivity contribution in [2.75, 3.05) is 0 Å². The van der Waals surface area contributed by atoms with Gasteiger partial charge in [-0.05, 0) is 29.0 Å². The van der Waals surface area contributed by atoms with Crippen molar-refractivity contribution < 1.29 is 35.9 Å². The van der Waals surface area contributed by atoms with Gasteiger partial charge in [0.05, 0.1) is 12.1 Å². The molecule has 0 radical (unpaired) electrons. The van der Waals surface area contributed by atoms with Gasteiger partial charge in [-0.3, -0.25) is 4.79 Å². The highest BCUT2D eigenvalue weighted by Gasteiger charge is 2.64. The summed E-state index contributed by atoms with van der Waals surface area (Å²) >= 11 is 0. The third-order valence-electron chi connectivity index (χ3n) is 4.16. The van der Waals surface area contributed by atoms with Crippen molar-refractivity contribution >= 4 is 12.1 Å². The third kappa shape index (κ3) is 5.95. The highest BCUT2D eigenvalue weighted by molar-refractivity contribution is 6.02. The Morgan fingerprint density at radius 1 is 1.12 bits per heavy atom. The molecule has 172 valence electrons. The van der Waals surface area contributed by atoms with Crippen LogP contribution in [-0.2, 0) is 9.53 Å². The third-order valence-corrected chi connectivity index (χ3v) is 4.16. The van der Waals surface area contributed by atoms with E-state index in [1.807, 2.05) is 0 Å². The largest absolute Gasteiger partial charge is 0.573 e. The number of nitrogens with zero attached hydrogens (tertiary/aromatic N) is 3. The molecule has 0 saturated heterocycles. The molecule has 13 heteroatoms. The zero-order valence-corrected chi connectivity index (χ0v) is 16.1. The minimum atomic E-state index is -4.99. The molecule has 0 fully saturated rings. The molecular weight excluding hydrogens is 446 g/mol. The molecule has 1 aromatic rings. The number of halogens is 6. The van der Waals surface area contributed by atoms with Gasteiger partial charge in [-0.1, -0.05) is 36.4 Å². The molecule has 1 atom stereocenters. The lowest BCUT2D eigenvalue weighted by Gasteiger charge is -2.28. The monoisotopic (exact) mass is 462 g/mol. The Kier molecular flexibility index (Phi) is 7.44. The van der Waals surface area contributed by atoms with E-state index < -0.39 is 24.6 Å². The van der Waals surface area contributed by atoms with Crippen LogP contribution in [0, 0.1) is 4.91 Å². The average molecular weight is 462 g/mol. The average Bonchev–Trinajstić information content (AvgIpc) is 3.01. The van der Waals surface area contributed by atoms with Crippen molar-refractivity contribution in [2.24, 2.45) is 16.0 Å². The molecule has 1 amide bonds. The van der Waals surface area contributed by atoms with E-state index in [9.17, 15) is 36.0 Å². The van der Waals surface area contributed by atoms with Crippen LogP contribution in [0.5, 0.6) is 0 Å². The number of carbonyl (C=O) groups is 1. The fraction of sp³-hybridized carbons (Fsp3) is 0.263. The summed E-state index contributed by atoms with van der Waals surface area (Å²) < 4.78 is 77.8. The number of amides is 1. The van der Waals surface area contributed by atoms with Gasteiger partial charge in [0.2, 0.25) is 6.41 Å². The molecule has 0 saturated carbocycles. The van der Waals surface area contributed by atoms with E-state index in [1.54, 1.807) is 30.3 Å². The van der Waals surface area contributed by atoms with E-state index in [0.717, 1.165) is 0 Å². The Balaban J connectivity index is 0.000000244. The van der Waals surface area contributed by atoms with Gasteiger partial charge in [0.1, 0.15) is 5.76 Å². The Bertz CT molecular complexity index is 954.